The van der Waals surface area contributed by atoms with Crippen molar-refractivity contribution in [1.29, 1.82) is 0 Å². The normalized spacial score (nSPS) is 15.2. The van der Waals surface area contributed by atoms with Crippen LogP contribution in [0.2, 0.25) is 0 Å². The molecule has 0 aliphatic rings. The highest BCUT2D eigenvalue weighted by Crippen LogP contribution is 2.28. The van der Waals surface area contributed by atoms with Crippen LogP contribution in [0.1, 0.15) is 33.6 Å². The van der Waals surface area contributed by atoms with Crippen molar-refractivity contribution < 1.29 is 19.4 Å². The summed E-state index contributed by atoms with van der Waals surface area (Å²) in [6, 6.07) is 0. The van der Waals surface area contributed by atoms with Gasteiger partial charge in [0, 0.05) is 12.8 Å². The Morgan fingerprint density at radius 1 is 1.31 bits per heavy atom. The van der Waals surface area contributed by atoms with E-state index in [4.69, 9.17) is 14.6 Å². The van der Waals surface area contributed by atoms with Crippen LogP contribution >= 0.6 is 8.58 Å². The van der Waals surface area contributed by atoms with E-state index in [9.17, 15) is 4.79 Å². The maximum absolute atomic E-state index is 11.9. The molecule has 0 spiro atoms. The number of hydrogen-bond acceptors (Lipinski definition) is 4. The van der Waals surface area contributed by atoms with Crippen LogP contribution in [-0.4, -0.2) is 42.4 Å². The van der Waals surface area contributed by atoms with Gasteiger partial charge in [-0.15, -0.1) is 0 Å². The van der Waals surface area contributed by atoms with Crippen molar-refractivity contribution >= 4 is 14.6 Å². The molecule has 2 atom stereocenters. The lowest BCUT2D eigenvalue weighted by molar-refractivity contribution is -0.169. The summed E-state index contributed by atoms with van der Waals surface area (Å²) in [5.41, 5.74) is -0.847. The molecular weight excluding hydrogens is 227 g/mol. The number of carbonyl (C=O) groups excluding carboxylic acids is 1. The van der Waals surface area contributed by atoms with E-state index in [2.05, 4.69) is 0 Å². The highest BCUT2D eigenvalue weighted by atomic mass is 31.1. The maximum atomic E-state index is 11.9. The van der Waals surface area contributed by atoms with Crippen molar-refractivity contribution in [2.45, 2.75) is 39.2 Å². The summed E-state index contributed by atoms with van der Waals surface area (Å²) in [4.78, 5) is 11.9. The third kappa shape index (κ3) is 4.77. The van der Waals surface area contributed by atoms with Gasteiger partial charge >= 0.3 is 5.97 Å². The molecule has 0 rings (SSSR count). The zero-order valence-corrected chi connectivity index (χ0v) is 11.4. The molecule has 0 aliphatic carbocycles. The first kappa shape index (κ1) is 15.8. The van der Waals surface area contributed by atoms with Gasteiger partial charge in [0.15, 0.2) is 5.60 Å². The van der Waals surface area contributed by atoms with Crippen LogP contribution in [0.3, 0.4) is 0 Å². The predicted octanol–water partition coefficient (Wildman–Crippen LogP) is 1.75. The second-order valence-electron chi connectivity index (χ2n) is 3.48. The number of aliphatic hydroxyl groups is 1. The number of carbonyl (C=O) groups is 1. The van der Waals surface area contributed by atoms with Crippen molar-refractivity contribution in [3.05, 3.63) is 0 Å². The minimum atomic E-state index is -0.847. The Bertz CT molecular complexity index is 190. The highest BCUT2D eigenvalue weighted by molar-refractivity contribution is 7.37. The quantitative estimate of drug-likeness (QED) is 0.500. The summed E-state index contributed by atoms with van der Waals surface area (Å²) in [5, 5.41) is 8.88. The SMILES string of the molecule is CCCC(CPCO)(OCC)C(=O)OCC. The average molecular weight is 250 g/mol. The summed E-state index contributed by atoms with van der Waals surface area (Å²) < 4.78 is 10.7. The van der Waals surface area contributed by atoms with Crippen LogP contribution in [0, 0.1) is 0 Å². The van der Waals surface area contributed by atoms with Crippen LogP contribution in [-0.2, 0) is 14.3 Å². The van der Waals surface area contributed by atoms with Gasteiger partial charge < -0.3 is 14.6 Å². The standard InChI is InChI=1S/C11H23O4P/c1-4-7-11(15-6-3,8-16-9-12)10(13)14-5-2/h12,16H,4-9H2,1-3H3. The average Bonchev–Trinajstić information content (AvgIpc) is 2.27. The Balaban J connectivity index is 4.68. The monoisotopic (exact) mass is 250 g/mol. The van der Waals surface area contributed by atoms with Gasteiger partial charge in [-0.05, 0) is 20.3 Å². The third-order valence-electron chi connectivity index (χ3n) is 2.24. The highest BCUT2D eigenvalue weighted by Gasteiger charge is 2.39. The lowest BCUT2D eigenvalue weighted by Gasteiger charge is -2.30. The van der Waals surface area contributed by atoms with Crippen LogP contribution in [0.15, 0.2) is 0 Å². The van der Waals surface area contributed by atoms with Crippen LogP contribution in [0.5, 0.6) is 0 Å². The van der Waals surface area contributed by atoms with E-state index >= 15 is 0 Å². The summed E-state index contributed by atoms with van der Waals surface area (Å²) in [5.74, 6) is -0.292. The summed E-state index contributed by atoms with van der Waals surface area (Å²) >= 11 is 0. The maximum Gasteiger partial charge on any atom is 0.338 e. The number of hydrogen-bond donors (Lipinski definition) is 1. The molecule has 0 aromatic carbocycles. The van der Waals surface area contributed by atoms with Crippen LogP contribution in [0.25, 0.3) is 0 Å². The smallest absolute Gasteiger partial charge is 0.338 e. The summed E-state index contributed by atoms with van der Waals surface area (Å²) in [7, 11) is 0.313. The number of aliphatic hydroxyl groups excluding tert-OH is 1. The Morgan fingerprint density at radius 2 is 2.00 bits per heavy atom. The first-order valence-corrected chi connectivity index (χ1v) is 7.21. The van der Waals surface area contributed by atoms with Gasteiger partial charge in [0.2, 0.25) is 0 Å². The van der Waals surface area contributed by atoms with Crippen molar-refractivity contribution in [2.75, 3.05) is 25.7 Å². The zero-order valence-electron chi connectivity index (χ0n) is 10.4. The summed E-state index contributed by atoms with van der Waals surface area (Å²) in [6.45, 7) is 6.50. The van der Waals surface area contributed by atoms with Gasteiger partial charge in [0.25, 0.3) is 0 Å². The van der Waals surface area contributed by atoms with E-state index in [-0.39, 0.29) is 12.3 Å². The Labute approximate surface area is 99.5 Å². The molecule has 0 aromatic heterocycles. The fourth-order valence-corrected chi connectivity index (χ4v) is 2.58. The lowest BCUT2D eigenvalue weighted by Crippen LogP contribution is -2.45. The van der Waals surface area contributed by atoms with E-state index < -0.39 is 5.60 Å². The van der Waals surface area contributed by atoms with Gasteiger partial charge in [-0.1, -0.05) is 21.9 Å². The Hall–Kier alpha value is -0.180. The fraction of sp³-hybridized carbons (Fsp3) is 0.909. The van der Waals surface area contributed by atoms with Crippen LogP contribution < -0.4 is 0 Å². The predicted molar refractivity (Wildman–Crippen MR) is 66.2 cm³/mol. The molecule has 4 nitrogen and oxygen atoms in total. The molecular formula is C11H23O4P. The van der Waals surface area contributed by atoms with E-state index in [1.165, 1.54) is 0 Å². The number of ether oxygens (including phenoxy) is 2. The van der Waals surface area contributed by atoms with Crippen molar-refractivity contribution in [3.63, 3.8) is 0 Å². The zero-order chi connectivity index (χ0) is 12.4. The molecule has 0 heterocycles. The molecule has 96 valence electrons. The first-order valence-electron chi connectivity index (χ1n) is 5.79. The van der Waals surface area contributed by atoms with E-state index in [0.717, 1.165) is 6.42 Å². The molecule has 0 amide bonds. The molecule has 0 bridgehead atoms. The fourth-order valence-electron chi connectivity index (χ4n) is 1.65. The Kier molecular flexibility index (Phi) is 8.81. The number of rotatable bonds is 9. The first-order chi connectivity index (χ1) is 7.66. The molecule has 0 aromatic rings. The van der Waals surface area contributed by atoms with Gasteiger partial charge in [-0.3, -0.25) is 0 Å². The molecule has 2 unspecified atom stereocenters. The molecule has 5 heteroatoms. The molecule has 1 N–H and O–H groups in total. The molecule has 0 saturated carbocycles. The van der Waals surface area contributed by atoms with Crippen molar-refractivity contribution in [2.24, 2.45) is 0 Å². The van der Waals surface area contributed by atoms with E-state index in [1.54, 1.807) is 6.92 Å². The second kappa shape index (κ2) is 8.91. The summed E-state index contributed by atoms with van der Waals surface area (Å²) in [6.07, 6.45) is 2.14. The van der Waals surface area contributed by atoms with E-state index in [0.29, 0.717) is 34.4 Å². The topological polar surface area (TPSA) is 55.8 Å². The molecule has 0 fully saturated rings. The van der Waals surface area contributed by atoms with Gasteiger partial charge in [0.1, 0.15) is 0 Å². The van der Waals surface area contributed by atoms with Gasteiger partial charge in [-0.25, -0.2) is 4.79 Å². The second-order valence-corrected chi connectivity index (χ2v) is 4.65. The lowest BCUT2D eigenvalue weighted by atomic mass is 10.0. The molecule has 0 radical (unpaired) electrons. The third-order valence-corrected chi connectivity index (χ3v) is 3.29. The number of esters is 1. The van der Waals surface area contributed by atoms with Gasteiger partial charge in [-0.2, -0.15) is 0 Å². The van der Waals surface area contributed by atoms with Crippen LogP contribution in [0.4, 0.5) is 0 Å². The molecule has 0 saturated heterocycles. The minimum Gasteiger partial charge on any atom is -0.464 e. The molecule has 16 heavy (non-hydrogen) atoms. The van der Waals surface area contributed by atoms with E-state index in [1.807, 2.05) is 13.8 Å². The minimum absolute atomic E-state index is 0.0952. The Morgan fingerprint density at radius 3 is 2.44 bits per heavy atom. The van der Waals surface area contributed by atoms with Crippen molar-refractivity contribution in [1.82, 2.24) is 0 Å². The van der Waals surface area contributed by atoms with Gasteiger partial charge in [0.05, 0.1) is 13.0 Å². The largest absolute Gasteiger partial charge is 0.464 e. The van der Waals surface area contributed by atoms with Crippen molar-refractivity contribution in [3.8, 4) is 0 Å². The molecule has 0 aliphatic heterocycles.